The molecule has 8 nitrogen and oxygen atoms in total. The van der Waals surface area contributed by atoms with Crippen LogP contribution in [0.2, 0.25) is 0 Å². The van der Waals surface area contributed by atoms with Gasteiger partial charge in [-0.15, -0.1) is 6.58 Å². The van der Waals surface area contributed by atoms with Gasteiger partial charge in [-0.2, -0.15) is 0 Å². The summed E-state index contributed by atoms with van der Waals surface area (Å²) >= 11 is 0. The van der Waals surface area contributed by atoms with Gasteiger partial charge in [0.05, 0.1) is 24.5 Å². The van der Waals surface area contributed by atoms with Crippen molar-refractivity contribution in [1.82, 2.24) is 4.90 Å². The lowest BCUT2D eigenvalue weighted by Gasteiger charge is -2.36. The van der Waals surface area contributed by atoms with Gasteiger partial charge < -0.3 is 24.4 Å². The van der Waals surface area contributed by atoms with Gasteiger partial charge in [-0.3, -0.25) is 14.4 Å². The lowest BCUT2D eigenvalue weighted by Crippen LogP contribution is -2.56. The molecule has 5 rings (SSSR count). The van der Waals surface area contributed by atoms with Crippen LogP contribution in [-0.2, 0) is 23.9 Å². The van der Waals surface area contributed by atoms with Gasteiger partial charge in [0.2, 0.25) is 5.91 Å². The first-order valence-corrected chi connectivity index (χ1v) is 12.6. The van der Waals surface area contributed by atoms with Gasteiger partial charge in [-0.1, -0.05) is 36.4 Å². The molecule has 2 amide bonds. The Bertz CT molecular complexity index is 1200. The largest absolute Gasteiger partial charge is 0.466 e. The Balaban J connectivity index is 1.56. The molecule has 3 heterocycles. The molecule has 0 saturated carbocycles. The summed E-state index contributed by atoms with van der Waals surface area (Å²) in [5.74, 6) is -2.50. The Morgan fingerprint density at radius 3 is 2.78 bits per heavy atom. The smallest absolute Gasteiger partial charge is 0.312 e. The predicted molar refractivity (Wildman–Crippen MR) is 134 cm³/mol. The lowest BCUT2D eigenvalue weighted by atomic mass is 9.70. The van der Waals surface area contributed by atoms with E-state index in [0.717, 1.165) is 10.8 Å². The highest BCUT2D eigenvalue weighted by molar-refractivity contribution is 6.05. The number of benzene rings is 2. The Morgan fingerprint density at radius 1 is 1.28 bits per heavy atom. The number of carbonyl (C=O) groups is 3. The molecule has 36 heavy (non-hydrogen) atoms. The highest BCUT2D eigenvalue weighted by atomic mass is 16.6. The average molecular weight is 493 g/mol. The number of ether oxygens (including phenoxy) is 2. The molecule has 0 unspecified atom stereocenters. The maximum Gasteiger partial charge on any atom is 0.312 e. The van der Waals surface area contributed by atoms with Crippen LogP contribution in [0.15, 0.2) is 55.1 Å². The van der Waals surface area contributed by atoms with Crippen LogP contribution < -0.4 is 4.90 Å². The molecule has 2 bridgehead atoms. The highest BCUT2D eigenvalue weighted by Gasteiger charge is 2.75. The number of esters is 1. The van der Waals surface area contributed by atoms with Crippen LogP contribution in [0.4, 0.5) is 5.69 Å². The third-order valence-electron chi connectivity index (χ3n) is 7.77. The monoisotopic (exact) mass is 492 g/mol. The molecule has 3 saturated heterocycles. The van der Waals surface area contributed by atoms with Crippen molar-refractivity contribution in [3.63, 3.8) is 0 Å². The van der Waals surface area contributed by atoms with E-state index in [1.54, 1.807) is 17.9 Å². The Kier molecular flexibility index (Phi) is 6.57. The number of likely N-dealkylation sites (tertiary alicyclic amines) is 1. The van der Waals surface area contributed by atoms with Gasteiger partial charge in [0.25, 0.3) is 5.91 Å². The number of hydrogen-bond acceptors (Lipinski definition) is 6. The summed E-state index contributed by atoms with van der Waals surface area (Å²) in [5.41, 5.74) is -0.398. The number of aliphatic hydroxyl groups excluding tert-OH is 1. The fourth-order valence-corrected chi connectivity index (χ4v) is 6.36. The molecule has 2 aromatic rings. The third kappa shape index (κ3) is 3.71. The Hall–Kier alpha value is -3.23. The van der Waals surface area contributed by atoms with E-state index in [2.05, 4.69) is 6.58 Å². The average Bonchev–Trinajstić information content (AvgIpc) is 3.53. The summed E-state index contributed by atoms with van der Waals surface area (Å²) in [4.78, 5) is 44.1. The molecule has 190 valence electrons. The number of carbonyl (C=O) groups excluding carboxylic acids is 3. The van der Waals surface area contributed by atoms with Crippen molar-refractivity contribution in [3.05, 3.63) is 55.1 Å². The fraction of sp³-hybridized carbons (Fsp3) is 0.464. The number of amides is 2. The summed E-state index contributed by atoms with van der Waals surface area (Å²) in [5, 5.41) is 11.6. The predicted octanol–water partition coefficient (Wildman–Crippen LogP) is 2.68. The van der Waals surface area contributed by atoms with Crippen LogP contribution in [-0.4, -0.2) is 71.8 Å². The van der Waals surface area contributed by atoms with Gasteiger partial charge in [0, 0.05) is 25.4 Å². The van der Waals surface area contributed by atoms with Crippen LogP contribution in [0.1, 0.15) is 26.2 Å². The molecule has 3 fully saturated rings. The van der Waals surface area contributed by atoms with Gasteiger partial charge in [0.15, 0.2) is 0 Å². The number of rotatable bonds is 9. The standard InChI is InChI=1S/C28H32N2O6/c1-3-14-29(20-11-10-18-8-5-6-9-19(18)17-20)26(33)24-28-13-12-21(36-28)22(27(34)35-4-2)23(28)25(32)30(24)15-7-16-31/h3,5-6,8-11,17,21-24,31H,1,4,7,12-16H2,2H3/t21-,22+,23+,24-,28+/m0/s1. The maximum absolute atomic E-state index is 14.3. The topological polar surface area (TPSA) is 96.4 Å². The minimum Gasteiger partial charge on any atom is -0.466 e. The number of aliphatic hydroxyl groups is 1. The second-order valence-corrected chi connectivity index (χ2v) is 9.69. The van der Waals surface area contributed by atoms with E-state index in [9.17, 15) is 19.5 Å². The molecule has 8 heteroatoms. The lowest BCUT2D eigenvalue weighted by molar-refractivity contribution is -0.154. The number of hydrogen-bond donors (Lipinski definition) is 1. The summed E-state index contributed by atoms with van der Waals surface area (Å²) < 4.78 is 11.7. The molecular weight excluding hydrogens is 460 g/mol. The van der Waals surface area contributed by atoms with E-state index >= 15 is 0 Å². The van der Waals surface area contributed by atoms with E-state index in [-0.39, 0.29) is 38.1 Å². The highest BCUT2D eigenvalue weighted by Crippen LogP contribution is 2.58. The van der Waals surface area contributed by atoms with E-state index in [4.69, 9.17) is 9.47 Å². The van der Waals surface area contributed by atoms with Crippen molar-refractivity contribution in [3.8, 4) is 0 Å². The van der Waals surface area contributed by atoms with Crippen molar-refractivity contribution >= 4 is 34.2 Å². The minimum absolute atomic E-state index is 0.117. The molecule has 0 radical (unpaired) electrons. The second kappa shape index (κ2) is 9.67. The zero-order valence-corrected chi connectivity index (χ0v) is 20.5. The van der Waals surface area contributed by atoms with Crippen molar-refractivity contribution in [2.75, 3.05) is 31.2 Å². The van der Waals surface area contributed by atoms with E-state index in [1.165, 1.54) is 4.90 Å². The Labute approximate surface area is 210 Å². The molecular formula is C28H32N2O6. The molecule has 0 aliphatic carbocycles. The van der Waals surface area contributed by atoms with Crippen molar-refractivity contribution < 1.29 is 29.0 Å². The molecule has 2 aromatic carbocycles. The molecule has 1 N–H and O–H groups in total. The molecule has 5 atom stereocenters. The normalized spacial score (nSPS) is 28.4. The van der Waals surface area contributed by atoms with Gasteiger partial charge >= 0.3 is 5.97 Å². The van der Waals surface area contributed by atoms with Gasteiger partial charge in [-0.25, -0.2) is 0 Å². The van der Waals surface area contributed by atoms with Crippen molar-refractivity contribution in [1.29, 1.82) is 0 Å². The van der Waals surface area contributed by atoms with Gasteiger partial charge in [0.1, 0.15) is 11.6 Å². The number of nitrogens with zero attached hydrogens (tertiary/aromatic N) is 2. The van der Waals surface area contributed by atoms with Crippen LogP contribution in [0.3, 0.4) is 0 Å². The van der Waals surface area contributed by atoms with Crippen LogP contribution in [0.25, 0.3) is 10.8 Å². The summed E-state index contributed by atoms with van der Waals surface area (Å²) in [6.07, 6.45) is 2.63. The van der Waals surface area contributed by atoms with Crippen LogP contribution in [0, 0.1) is 11.8 Å². The SMILES string of the molecule is C=CCN(C(=O)[C@@H]1N(CCCO)C(=O)[C@H]2[C@H](C(=O)OCC)[C@@H]3CC[C@]12O3)c1ccc2ccccc2c1. The first-order valence-electron chi connectivity index (χ1n) is 12.6. The quantitative estimate of drug-likeness (QED) is 0.427. The molecule has 0 aromatic heterocycles. The maximum atomic E-state index is 14.3. The van der Waals surface area contributed by atoms with E-state index in [0.29, 0.717) is 24.9 Å². The van der Waals surface area contributed by atoms with Crippen molar-refractivity contribution in [2.45, 2.75) is 43.9 Å². The first-order chi connectivity index (χ1) is 17.5. The summed E-state index contributed by atoms with van der Waals surface area (Å²) in [6.45, 7) is 6.13. The summed E-state index contributed by atoms with van der Waals surface area (Å²) in [6, 6.07) is 12.8. The van der Waals surface area contributed by atoms with Crippen molar-refractivity contribution in [2.24, 2.45) is 11.8 Å². The van der Waals surface area contributed by atoms with Crippen LogP contribution >= 0.6 is 0 Å². The fourth-order valence-electron chi connectivity index (χ4n) is 6.36. The Morgan fingerprint density at radius 2 is 2.06 bits per heavy atom. The second-order valence-electron chi connectivity index (χ2n) is 9.69. The third-order valence-corrected chi connectivity index (χ3v) is 7.77. The zero-order valence-electron chi connectivity index (χ0n) is 20.5. The number of anilines is 1. The number of fused-ring (bicyclic) bond motifs is 2. The zero-order chi connectivity index (χ0) is 25.4. The van der Waals surface area contributed by atoms with Crippen LogP contribution in [0.5, 0.6) is 0 Å². The first kappa shape index (κ1) is 24.5. The molecule has 3 aliphatic rings. The van der Waals surface area contributed by atoms with E-state index in [1.807, 2.05) is 42.5 Å². The summed E-state index contributed by atoms with van der Waals surface area (Å²) in [7, 11) is 0. The van der Waals surface area contributed by atoms with Gasteiger partial charge in [-0.05, 0) is 49.1 Å². The molecule has 3 aliphatic heterocycles. The molecule has 1 spiro atoms. The van der Waals surface area contributed by atoms with E-state index < -0.39 is 35.6 Å². The minimum atomic E-state index is -1.10.